The van der Waals surface area contributed by atoms with E-state index in [1.54, 1.807) is 13.2 Å². The Labute approximate surface area is 279 Å². The number of amides is 2. The van der Waals surface area contributed by atoms with E-state index in [2.05, 4.69) is 24.5 Å². The minimum atomic E-state index is -0.872. The SMILES string of the molecule is CCCN(CCC)C(=O)c1cc(C(=O)N[C@@H](Cc2ccccc2)[C@H](O)CNCc2cccc(OC)c2)cc(-c2ccccc2)c1.Cl. The van der Waals surface area contributed by atoms with Crippen molar-refractivity contribution >= 4 is 24.2 Å². The molecule has 2 amide bonds. The van der Waals surface area contributed by atoms with E-state index in [0.717, 1.165) is 40.8 Å². The molecule has 0 aliphatic carbocycles. The molecule has 244 valence electrons. The minimum Gasteiger partial charge on any atom is -0.497 e. The van der Waals surface area contributed by atoms with E-state index in [-0.39, 0.29) is 30.8 Å². The second kappa shape index (κ2) is 18.7. The summed E-state index contributed by atoms with van der Waals surface area (Å²) in [6.07, 6.45) is 1.27. The first-order chi connectivity index (χ1) is 21.9. The second-order valence-electron chi connectivity index (χ2n) is 11.3. The largest absolute Gasteiger partial charge is 0.497 e. The first kappa shape index (κ1) is 36.3. The molecule has 0 saturated heterocycles. The standard InChI is InChI=1S/C38H45N3O4.ClH/c1-4-19-41(20-5-2)38(44)33-24-31(30-16-10-7-11-17-30)23-32(25-33)37(43)40-35(22-28-13-8-6-9-14-28)36(42)27-39-26-29-15-12-18-34(21-29)45-3;/h6-18,21,23-25,35-36,39,42H,4-5,19-20,22,26-27H2,1-3H3,(H,40,43);1H/t35-,36+;/m0./s1. The van der Waals surface area contributed by atoms with Gasteiger partial charge >= 0.3 is 0 Å². The lowest BCUT2D eigenvalue weighted by Crippen LogP contribution is -2.48. The van der Waals surface area contributed by atoms with Gasteiger partial charge in [0.1, 0.15) is 5.75 Å². The van der Waals surface area contributed by atoms with Gasteiger partial charge in [-0.1, -0.05) is 86.6 Å². The number of rotatable bonds is 16. The number of nitrogens with zero attached hydrogens (tertiary/aromatic N) is 1. The van der Waals surface area contributed by atoms with Gasteiger partial charge in [-0.05, 0) is 71.8 Å². The van der Waals surface area contributed by atoms with E-state index in [0.29, 0.717) is 37.2 Å². The monoisotopic (exact) mass is 643 g/mol. The smallest absolute Gasteiger partial charge is 0.253 e. The normalized spacial score (nSPS) is 12.0. The van der Waals surface area contributed by atoms with Crippen molar-refractivity contribution in [3.8, 4) is 16.9 Å². The average Bonchev–Trinajstić information content (AvgIpc) is 3.08. The van der Waals surface area contributed by atoms with Gasteiger partial charge in [0.05, 0.1) is 19.3 Å². The van der Waals surface area contributed by atoms with Crippen LogP contribution in [-0.2, 0) is 13.0 Å². The summed E-state index contributed by atoms with van der Waals surface area (Å²) in [6.45, 7) is 6.22. The Balaban J connectivity index is 0.00000576. The van der Waals surface area contributed by atoms with Crippen molar-refractivity contribution in [1.82, 2.24) is 15.5 Å². The number of hydrogen-bond donors (Lipinski definition) is 3. The number of methoxy groups -OCH3 is 1. The molecule has 0 unspecified atom stereocenters. The Hall–Kier alpha value is -4.17. The molecule has 0 heterocycles. The molecule has 46 heavy (non-hydrogen) atoms. The van der Waals surface area contributed by atoms with E-state index in [4.69, 9.17) is 4.74 Å². The number of halogens is 1. The summed E-state index contributed by atoms with van der Waals surface area (Å²) in [5, 5.41) is 17.8. The van der Waals surface area contributed by atoms with Gasteiger partial charge in [0.2, 0.25) is 0 Å². The van der Waals surface area contributed by atoms with Crippen molar-refractivity contribution in [3.63, 3.8) is 0 Å². The Morgan fingerprint density at radius 2 is 1.41 bits per heavy atom. The van der Waals surface area contributed by atoms with Crippen molar-refractivity contribution in [2.45, 2.75) is 51.8 Å². The molecule has 4 rings (SSSR count). The van der Waals surface area contributed by atoms with Gasteiger partial charge in [-0.3, -0.25) is 9.59 Å². The van der Waals surface area contributed by atoms with E-state index < -0.39 is 12.1 Å². The van der Waals surface area contributed by atoms with Crippen LogP contribution in [0.4, 0.5) is 0 Å². The predicted octanol–water partition coefficient (Wildman–Crippen LogP) is 6.54. The third-order valence-corrected chi connectivity index (χ3v) is 7.72. The summed E-state index contributed by atoms with van der Waals surface area (Å²) in [5.74, 6) is 0.340. The highest BCUT2D eigenvalue weighted by Gasteiger charge is 2.24. The molecule has 0 fully saturated rings. The number of carbonyl (C=O) groups excluding carboxylic acids is 2. The third kappa shape index (κ3) is 10.4. The van der Waals surface area contributed by atoms with Gasteiger partial charge < -0.3 is 25.4 Å². The first-order valence-electron chi connectivity index (χ1n) is 15.8. The van der Waals surface area contributed by atoms with Crippen LogP contribution >= 0.6 is 12.4 Å². The summed E-state index contributed by atoms with van der Waals surface area (Å²) in [7, 11) is 1.63. The zero-order valence-electron chi connectivity index (χ0n) is 26.9. The number of carbonyl (C=O) groups is 2. The number of benzene rings is 4. The molecule has 0 radical (unpaired) electrons. The number of nitrogens with one attached hydrogen (secondary N) is 2. The predicted molar refractivity (Wildman–Crippen MR) is 188 cm³/mol. The number of ether oxygens (including phenoxy) is 1. The fraction of sp³-hybridized carbons (Fsp3) is 0.316. The minimum absolute atomic E-state index is 0. The van der Waals surface area contributed by atoms with Gasteiger partial charge in [-0.2, -0.15) is 0 Å². The Bertz CT molecular complexity index is 1510. The van der Waals surface area contributed by atoms with Crippen molar-refractivity contribution in [1.29, 1.82) is 0 Å². The summed E-state index contributed by atoms with van der Waals surface area (Å²) in [4.78, 5) is 29.4. The summed E-state index contributed by atoms with van der Waals surface area (Å²) in [6, 6.07) is 32.1. The molecule has 0 aliphatic heterocycles. The topological polar surface area (TPSA) is 90.9 Å². The van der Waals surface area contributed by atoms with Crippen LogP contribution in [0, 0.1) is 0 Å². The second-order valence-corrected chi connectivity index (χ2v) is 11.3. The maximum Gasteiger partial charge on any atom is 0.253 e. The molecule has 8 heteroatoms. The molecule has 0 aromatic heterocycles. The summed E-state index contributed by atoms with van der Waals surface area (Å²) >= 11 is 0. The van der Waals surface area contributed by atoms with Crippen LogP contribution < -0.4 is 15.4 Å². The van der Waals surface area contributed by atoms with E-state index >= 15 is 0 Å². The molecule has 0 saturated carbocycles. The van der Waals surface area contributed by atoms with Gasteiger partial charge in [-0.25, -0.2) is 0 Å². The van der Waals surface area contributed by atoms with Gasteiger partial charge in [-0.15, -0.1) is 12.4 Å². The summed E-state index contributed by atoms with van der Waals surface area (Å²) < 4.78 is 5.32. The number of aliphatic hydroxyl groups is 1. The van der Waals surface area contributed by atoms with Gasteiger partial charge in [0.25, 0.3) is 11.8 Å². The maximum atomic E-state index is 13.9. The third-order valence-electron chi connectivity index (χ3n) is 7.72. The molecule has 0 bridgehead atoms. The number of aliphatic hydroxyl groups excluding tert-OH is 1. The molecular formula is C38H46ClN3O4. The highest BCUT2D eigenvalue weighted by molar-refractivity contribution is 6.01. The zero-order valence-corrected chi connectivity index (χ0v) is 27.8. The van der Waals surface area contributed by atoms with Crippen LogP contribution in [0.15, 0.2) is 103 Å². The van der Waals surface area contributed by atoms with Gasteiger partial charge in [0.15, 0.2) is 0 Å². The lowest BCUT2D eigenvalue weighted by atomic mass is 9.97. The Kier molecular flexibility index (Phi) is 14.8. The lowest BCUT2D eigenvalue weighted by Gasteiger charge is -2.26. The van der Waals surface area contributed by atoms with Crippen molar-refractivity contribution < 1.29 is 19.4 Å². The Morgan fingerprint density at radius 3 is 2.07 bits per heavy atom. The van der Waals surface area contributed by atoms with Crippen LogP contribution in [0.5, 0.6) is 5.75 Å². The molecule has 0 aliphatic rings. The molecule has 2 atom stereocenters. The molecule has 0 spiro atoms. The van der Waals surface area contributed by atoms with E-state index in [1.165, 1.54) is 0 Å². The molecule has 7 nitrogen and oxygen atoms in total. The zero-order chi connectivity index (χ0) is 32.0. The van der Waals surface area contributed by atoms with Crippen LogP contribution in [-0.4, -0.2) is 60.7 Å². The van der Waals surface area contributed by atoms with E-state index in [1.807, 2.05) is 102 Å². The van der Waals surface area contributed by atoms with Crippen molar-refractivity contribution in [3.05, 3.63) is 125 Å². The highest BCUT2D eigenvalue weighted by Crippen LogP contribution is 2.24. The highest BCUT2D eigenvalue weighted by atomic mass is 35.5. The maximum absolute atomic E-state index is 13.9. The van der Waals surface area contributed by atoms with Crippen LogP contribution in [0.3, 0.4) is 0 Å². The average molecular weight is 644 g/mol. The first-order valence-corrected chi connectivity index (χ1v) is 15.8. The number of hydrogen-bond acceptors (Lipinski definition) is 5. The Morgan fingerprint density at radius 1 is 0.783 bits per heavy atom. The lowest BCUT2D eigenvalue weighted by molar-refractivity contribution is 0.0755. The van der Waals surface area contributed by atoms with Crippen LogP contribution in [0.1, 0.15) is 58.5 Å². The molecule has 4 aromatic rings. The molecule has 3 N–H and O–H groups in total. The molecule has 4 aromatic carbocycles. The van der Waals surface area contributed by atoms with E-state index in [9.17, 15) is 14.7 Å². The van der Waals surface area contributed by atoms with Crippen LogP contribution in [0.2, 0.25) is 0 Å². The van der Waals surface area contributed by atoms with Crippen molar-refractivity contribution in [2.75, 3.05) is 26.7 Å². The van der Waals surface area contributed by atoms with Gasteiger partial charge in [0, 0.05) is 37.3 Å². The van der Waals surface area contributed by atoms with Crippen molar-refractivity contribution in [2.24, 2.45) is 0 Å². The molecular weight excluding hydrogens is 598 g/mol. The fourth-order valence-electron chi connectivity index (χ4n) is 5.41. The quantitative estimate of drug-likeness (QED) is 0.129. The summed E-state index contributed by atoms with van der Waals surface area (Å²) in [5.41, 5.74) is 4.59. The fourth-order valence-corrected chi connectivity index (χ4v) is 5.41. The van der Waals surface area contributed by atoms with Crippen LogP contribution in [0.25, 0.3) is 11.1 Å².